The highest BCUT2D eigenvalue weighted by Gasteiger charge is 2.14. The van der Waals surface area contributed by atoms with Crippen LogP contribution in [0.3, 0.4) is 0 Å². The zero-order chi connectivity index (χ0) is 14.4. The minimum absolute atomic E-state index is 0.982. The molecule has 20 heavy (non-hydrogen) atoms. The lowest BCUT2D eigenvalue weighted by Gasteiger charge is -2.27. The monoisotopic (exact) mass is 289 g/mol. The highest BCUT2D eigenvalue weighted by molar-refractivity contribution is 7.99. The number of hydrogen-bond acceptors (Lipinski definition) is 4. The Morgan fingerprint density at radius 3 is 2.60 bits per heavy atom. The van der Waals surface area contributed by atoms with Crippen LogP contribution in [0.4, 0.5) is 5.82 Å². The van der Waals surface area contributed by atoms with E-state index in [1.54, 1.807) is 6.33 Å². The third-order valence-corrected chi connectivity index (χ3v) is 4.30. The van der Waals surface area contributed by atoms with Crippen LogP contribution in [-0.2, 0) is 0 Å². The maximum atomic E-state index is 4.51. The van der Waals surface area contributed by atoms with Gasteiger partial charge in [0.25, 0.3) is 0 Å². The third-order valence-electron chi connectivity index (χ3n) is 3.36. The molecule has 3 rings (SSSR count). The van der Waals surface area contributed by atoms with Crippen LogP contribution in [0.1, 0.15) is 27.2 Å². The number of anilines is 1. The van der Waals surface area contributed by atoms with Gasteiger partial charge in [0.2, 0.25) is 0 Å². The molecule has 2 aliphatic rings. The Morgan fingerprint density at radius 2 is 1.85 bits per heavy atom. The molecule has 1 aliphatic heterocycles. The fourth-order valence-corrected chi connectivity index (χ4v) is 3.20. The van der Waals surface area contributed by atoms with Crippen molar-refractivity contribution in [2.45, 2.75) is 27.2 Å². The van der Waals surface area contributed by atoms with Gasteiger partial charge in [-0.25, -0.2) is 9.97 Å². The molecule has 0 radical (unpaired) electrons. The summed E-state index contributed by atoms with van der Waals surface area (Å²) >= 11 is 2.02. The van der Waals surface area contributed by atoms with Crippen molar-refractivity contribution in [3.63, 3.8) is 0 Å². The van der Waals surface area contributed by atoms with Gasteiger partial charge in [-0.2, -0.15) is 11.8 Å². The summed E-state index contributed by atoms with van der Waals surface area (Å²) in [6.07, 6.45) is 9.24. The van der Waals surface area contributed by atoms with Gasteiger partial charge in [-0.05, 0) is 19.4 Å². The van der Waals surface area contributed by atoms with Crippen molar-refractivity contribution in [2.75, 3.05) is 29.5 Å². The summed E-state index contributed by atoms with van der Waals surface area (Å²) in [7, 11) is 0. The first kappa shape index (κ1) is 15.1. The highest BCUT2D eigenvalue weighted by atomic mass is 32.2. The van der Waals surface area contributed by atoms with E-state index in [2.05, 4.69) is 40.0 Å². The van der Waals surface area contributed by atoms with Gasteiger partial charge in [-0.15, -0.1) is 0 Å². The topological polar surface area (TPSA) is 29.0 Å². The Bertz CT molecular complexity index is 586. The number of fused-ring (bicyclic) bond motifs is 1. The van der Waals surface area contributed by atoms with E-state index >= 15 is 0 Å². The third kappa shape index (κ3) is 3.42. The molecule has 0 aromatic carbocycles. The SMILES string of the molecule is CC.CC1=CC=c2c(N3CCSCC3)ncnc2=CC1. The minimum Gasteiger partial charge on any atom is -0.354 e. The molecule has 0 N–H and O–H groups in total. The van der Waals surface area contributed by atoms with Crippen LogP contribution in [0.15, 0.2) is 18.0 Å². The minimum atomic E-state index is 0.982. The molecule has 2 heterocycles. The molecule has 4 heteroatoms. The number of aromatic nitrogens is 2. The Hall–Kier alpha value is -1.29. The van der Waals surface area contributed by atoms with E-state index < -0.39 is 0 Å². The second-order valence-electron chi connectivity index (χ2n) is 4.68. The lowest BCUT2D eigenvalue weighted by Crippen LogP contribution is -2.41. The van der Waals surface area contributed by atoms with Gasteiger partial charge in [0, 0.05) is 29.8 Å². The molecule has 0 amide bonds. The summed E-state index contributed by atoms with van der Waals surface area (Å²) in [5, 5.41) is 2.26. The Morgan fingerprint density at radius 1 is 1.10 bits per heavy atom. The first-order valence-electron chi connectivity index (χ1n) is 7.36. The summed E-state index contributed by atoms with van der Waals surface area (Å²) in [5.74, 6) is 3.48. The predicted molar refractivity (Wildman–Crippen MR) is 89.5 cm³/mol. The summed E-state index contributed by atoms with van der Waals surface area (Å²) in [6.45, 7) is 8.33. The average molecular weight is 289 g/mol. The van der Waals surface area contributed by atoms with Crippen LogP contribution >= 0.6 is 11.8 Å². The zero-order valence-electron chi connectivity index (χ0n) is 12.6. The van der Waals surface area contributed by atoms with Crippen molar-refractivity contribution in [3.05, 3.63) is 28.5 Å². The summed E-state index contributed by atoms with van der Waals surface area (Å²) in [5.41, 5.74) is 1.37. The molecule has 0 spiro atoms. The summed E-state index contributed by atoms with van der Waals surface area (Å²) < 4.78 is 0. The molecule has 0 unspecified atom stereocenters. The normalized spacial score (nSPS) is 17.6. The number of thioether (sulfide) groups is 1. The quantitative estimate of drug-likeness (QED) is 0.790. The molecule has 1 saturated heterocycles. The van der Waals surface area contributed by atoms with Gasteiger partial charge in [0.1, 0.15) is 12.1 Å². The largest absolute Gasteiger partial charge is 0.354 e. The van der Waals surface area contributed by atoms with Crippen molar-refractivity contribution in [2.24, 2.45) is 0 Å². The van der Waals surface area contributed by atoms with Crippen LogP contribution < -0.4 is 15.5 Å². The Kier molecular flexibility index (Phi) is 5.65. The molecular formula is C16H23N3S. The van der Waals surface area contributed by atoms with Crippen molar-refractivity contribution in [1.82, 2.24) is 9.97 Å². The molecule has 1 fully saturated rings. The van der Waals surface area contributed by atoms with Crippen LogP contribution in [0.2, 0.25) is 0 Å². The van der Waals surface area contributed by atoms with Gasteiger partial charge in [-0.3, -0.25) is 0 Å². The molecule has 1 aromatic heterocycles. The van der Waals surface area contributed by atoms with Crippen molar-refractivity contribution < 1.29 is 0 Å². The van der Waals surface area contributed by atoms with Crippen molar-refractivity contribution in [1.29, 1.82) is 0 Å². The lowest BCUT2D eigenvalue weighted by molar-refractivity contribution is 0.827. The van der Waals surface area contributed by atoms with Gasteiger partial charge in [0.15, 0.2) is 0 Å². The maximum absolute atomic E-state index is 4.51. The fraction of sp³-hybridized carbons (Fsp3) is 0.500. The van der Waals surface area contributed by atoms with E-state index in [1.807, 2.05) is 25.6 Å². The molecule has 1 aromatic rings. The van der Waals surface area contributed by atoms with Crippen molar-refractivity contribution in [3.8, 4) is 0 Å². The van der Waals surface area contributed by atoms with Gasteiger partial charge >= 0.3 is 0 Å². The molecule has 0 bridgehead atoms. The van der Waals surface area contributed by atoms with E-state index in [9.17, 15) is 0 Å². The van der Waals surface area contributed by atoms with Gasteiger partial charge in [-0.1, -0.05) is 31.6 Å². The fourth-order valence-electron chi connectivity index (χ4n) is 2.30. The Labute approximate surface area is 125 Å². The molecule has 0 saturated carbocycles. The van der Waals surface area contributed by atoms with Crippen LogP contribution in [0, 0.1) is 0 Å². The van der Waals surface area contributed by atoms with Crippen LogP contribution in [0.25, 0.3) is 12.2 Å². The molecule has 1 aliphatic carbocycles. The van der Waals surface area contributed by atoms with Crippen molar-refractivity contribution >= 4 is 29.7 Å². The van der Waals surface area contributed by atoms with Gasteiger partial charge in [0.05, 0.1) is 5.35 Å². The van der Waals surface area contributed by atoms with Gasteiger partial charge < -0.3 is 4.90 Å². The lowest BCUT2D eigenvalue weighted by atomic mass is 10.2. The Balaban J connectivity index is 0.000000704. The summed E-state index contributed by atoms with van der Waals surface area (Å²) in [4.78, 5) is 11.3. The number of allylic oxidation sites excluding steroid dienone is 2. The van der Waals surface area contributed by atoms with E-state index in [-0.39, 0.29) is 0 Å². The predicted octanol–water partition coefficient (Wildman–Crippen LogP) is 1.97. The zero-order valence-corrected chi connectivity index (χ0v) is 13.4. The first-order chi connectivity index (χ1) is 9.84. The average Bonchev–Trinajstić information content (AvgIpc) is 2.72. The first-order valence-corrected chi connectivity index (χ1v) is 8.51. The number of nitrogens with zero attached hydrogens (tertiary/aromatic N) is 3. The van der Waals surface area contributed by atoms with E-state index in [4.69, 9.17) is 0 Å². The maximum Gasteiger partial charge on any atom is 0.139 e. The highest BCUT2D eigenvalue weighted by Crippen LogP contribution is 2.13. The molecular weight excluding hydrogens is 266 g/mol. The standard InChI is InChI=1S/C14H17N3S.C2H6/c1-11-2-4-12-13(5-3-11)15-10-16-14(12)17-6-8-18-9-7-17;1-2/h2,4-5,10H,3,6-9H2,1H3;1-2H3. The molecule has 0 atom stereocenters. The van der Waals surface area contributed by atoms with E-state index in [1.165, 1.54) is 22.3 Å². The number of rotatable bonds is 1. The smallest absolute Gasteiger partial charge is 0.139 e. The second kappa shape index (κ2) is 7.48. The van der Waals surface area contributed by atoms with E-state index in [0.29, 0.717) is 0 Å². The van der Waals surface area contributed by atoms with E-state index in [0.717, 1.165) is 30.7 Å². The van der Waals surface area contributed by atoms with Crippen LogP contribution in [-0.4, -0.2) is 34.6 Å². The number of hydrogen-bond donors (Lipinski definition) is 0. The second-order valence-corrected chi connectivity index (χ2v) is 5.91. The molecule has 3 nitrogen and oxygen atoms in total. The molecule has 108 valence electrons. The van der Waals surface area contributed by atoms with Crippen LogP contribution in [0.5, 0.6) is 0 Å². The summed E-state index contributed by atoms with van der Waals surface area (Å²) in [6, 6.07) is 0.